The zero-order valence-corrected chi connectivity index (χ0v) is 16.8. The average Bonchev–Trinajstić information content (AvgIpc) is 3.25. The first-order valence-electron chi connectivity index (χ1n) is 8.75. The fraction of sp³-hybridized carbons (Fsp3) is 0.200. The SMILES string of the molecule is CC(C)CC1=NN2C(=N)C(=Cc3ccc(-c4cccc(Cl)c4)o3)C(=O)N=C2S1. The zero-order chi connectivity index (χ0) is 19.8. The zero-order valence-electron chi connectivity index (χ0n) is 15.3. The van der Waals surface area contributed by atoms with Crippen LogP contribution in [0.1, 0.15) is 26.0 Å². The van der Waals surface area contributed by atoms with Gasteiger partial charge in [-0.05, 0) is 48.0 Å². The predicted molar refractivity (Wildman–Crippen MR) is 114 cm³/mol. The third-order valence-electron chi connectivity index (χ3n) is 4.10. The molecule has 3 heterocycles. The molecule has 2 aliphatic heterocycles. The highest BCUT2D eigenvalue weighted by Crippen LogP contribution is 2.31. The highest BCUT2D eigenvalue weighted by atomic mass is 35.5. The summed E-state index contributed by atoms with van der Waals surface area (Å²) >= 11 is 7.37. The topological polar surface area (TPSA) is 82.0 Å². The number of carbonyl (C=O) groups is 1. The number of benzene rings is 1. The molecular weight excluding hydrogens is 396 g/mol. The fourth-order valence-electron chi connectivity index (χ4n) is 2.83. The number of furan rings is 1. The van der Waals surface area contributed by atoms with Gasteiger partial charge in [-0.25, -0.2) is 0 Å². The summed E-state index contributed by atoms with van der Waals surface area (Å²) in [6, 6.07) is 10.9. The molecule has 0 saturated heterocycles. The molecule has 2 aliphatic rings. The van der Waals surface area contributed by atoms with Crippen LogP contribution in [0.2, 0.25) is 5.02 Å². The lowest BCUT2D eigenvalue weighted by Crippen LogP contribution is -2.35. The van der Waals surface area contributed by atoms with Crippen molar-refractivity contribution in [3.8, 4) is 11.3 Å². The maximum atomic E-state index is 12.5. The Bertz CT molecular complexity index is 1070. The maximum absolute atomic E-state index is 12.5. The van der Waals surface area contributed by atoms with Crippen molar-refractivity contribution in [2.75, 3.05) is 0 Å². The summed E-state index contributed by atoms with van der Waals surface area (Å²) < 4.78 is 5.82. The van der Waals surface area contributed by atoms with Gasteiger partial charge in [0.15, 0.2) is 5.84 Å². The molecule has 142 valence electrons. The number of rotatable bonds is 4. The van der Waals surface area contributed by atoms with Crippen LogP contribution in [0.25, 0.3) is 17.4 Å². The quantitative estimate of drug-likeness (QED) is 0.694. The van der Waals surface area contributed by atoms with Gasteiger partial charge in [-0.2, -0.15) is 15.1 Å². The van der Waals surface area contributed by atoms with E-state index in [1.807, 2.05) is 12.1 Å². The van der Waals surface area contributed by atoms with Crippen molar-refractivity contribution in [3.63, 3.8) is 0 Å². The van der Waals surface area contributed by atoms with Crippen LogP contribution in [-0.2, 0) is 4.79 Å². The van der Waals surface area contributed by atoms with E-state index in [1.54, 1.807) is 24.3 Å². The van der Waals surface area contributed by atoms with Crippen molar-refractivity contribution in [1.82, 2.24) is 5.01 Å². The molecular formula is C20H17ClN4O2S. The molecule has 4 rings (SSSR count). The van der Waals surface area contributed by atoms with Crippen molar-refractivity contribution >= 4 is 51.4 Å². The number of aliphatic imine (C=N–C) groups is 1. The lowest BCUT2D eigenvalue weighted by atomic mass is 10.1. The van der Waals surface area contributed by atoms with Crippen LogP contribution in [0.5, 0.6) is 0 Å². The normalized spacial score (nSPS) is 18.0. The van der Waals surface area contributed by atoms with Gasteiger partial charge in [-0.3, -0.25) is 10.2 Å². The van der Waals surface area contributed by atoms with E-state index < -0.39 is 5.91 Å². The van der Waals surface area contributed by atoms with E-state index in [0.717, 1.165) is 17.0 Å². The van der Waals surface area contributed by atoms with E-state index in [0.29, 0.717) is 27.6 Å². The molecule has 0 unspecified atom stereocenters. The van der Waals surface area contributed by atoms with Gasteiger partial charge >= 0.3 is 0 Å². The van der Waals surface area contributed by atoms with Crippen molar-refractivity contribution in [1.29, 1.82) is 5.41 Å². The van der Waals surface area contributed by atoms with Gasteiger partial charge in [-0.15, -0.1) is 0 Å². The molecule has 0 atom stereocenters. The number of fused-ring (bicyclic) bond motifs is 1. The van der Waals surface area contributed by atoms with Crippen LogP contribution in [0.15, 0.2) is 56.5 Å². The number of nitrogens with one attached hydrogen (secondary N) is 1. The summed E-state index contributed by atoms with van der Waals surface area (Å²) in [7, 11) is 0. The molecule has 0 bridgehead atoms. The van der Waals surface area contributed by atoms with Gasteiger partial charge in [0.05, 0.1) is 5.57 Å². The van der Waals surface area contributed by atoms with Crippen LogP contribution >= 0.6 is 23.4 Å². The number of amides is 1. The lowest BCUT2D eigenvalue weighted by molar-refractivity contribution is -0.114. The second kappa shape index (κ2) is 7.41. The number of hydrogen-bond acceptors (Lipinski definition) is 5. The highest BCUT2D eigenvalue weighted by molar-refractivity contribution is 8.26. The van der Waals surface area contributed by atoms with Gasteiger partial charge in [0.2, 0.25) is 5.17 Å². The van der Waals surface area contributed by atoms with E-state index >= 15 is 0 Å². The Kier molecular flexibility index (Phi) is 4.95. The van der Waals surface area contributed by atoms with Crippen LogP contribution in [0, 0.1) is 11.3 Å². The molecule has 0 saturated carbocycles. The summed E-state index contributed by atoms with van der Waals surface area (Å²) in [5, 5.41) is 16.2. The van der Waals surface area contributed by atoms with E-state index in [9.17, 15) is 4.79 Å². The van der Waals surface area contributed by atoms with Crippen LogP contribution < -0.4 is 0 Å². The van der Waals surface area contributed by atoms with Gasteiger partial charge in [0.1, 0.15) is 16.6 Å². The van der Waals surface area contributed by atoms with Crippen LogP contribution in [0.4, 0.5) is 0 Å². The minimum Gasteiger partial charge on any atom is -0.457 e. The Balaban J connectivity index is 1.62. The van der Waals surface area contributed by atoms with Crippen molar-refractivity contribution < 1.29 is 9.21 Å². The number of carbonyl (C=O) groups excluding carboxylic acids is 1. The lowest BCUT2D eigenvalue weighted by Gasteiger charge is -2.19. The van der Waals surface area contributed by atoms with Crippen molar-refractivity contribution in [3.05, 3.63) is 52.8 Å². The first-order chi connectivity index (χ1) is 13.4. The third kappa shape index (κ3) is 3.68. The first kappa shape index (κ1) is 18.7. The summed E-state index contributed by atoms with van der Waals surface area (Å²) in [5.74, 6) is 1.05. The molecule has 1 N–H and O–H groups in total. The molecule has 0 spiro atoms. The van der Waals surface area contributed by atoms with E-state index in [4.69, 9.17) is 21.4 Å². The number of hydrazone groups is 1. The first-order valence-corrected chi connectivity index (χ1v) is 9.95. The van der Waals surface area contributed by atoms with Crippen molar-refractivity contribution in [2.24, 2.45) is 16.0 Å². The summed E-state index contributed by atoms with van der Waals surface area (Å²) in [5.41, 5.74) is 0.979. The molecule has 0 fully saturated rings. The number of thioether (sulfide) groups is 1. The fourth-order valence-corrected chi connectivity index (χ4v) is 4.12. The number of amidine groups is 2. The minimum atomic E-state index is -0.467. The Morgan fingerprint density at radius 1 is 1.32 bits per heavy atom. The smallest absolute Gasteiger partial charge is 0.283 e. The molecule has 2 aromatic rings. The van der Waals surface area contributed by atoms with Gasteiger partial charge < -0.3 is 4.42 Å². The molecule has 1 aromatic heterocycles. The Morgan fingerprint density at radius 3 is 2.89 bits per heavy atom. The van der Waals surface area contributed by atoms with Gasteiger partial charge in [0, 0.05) is 17.0 Å². The monoisotopic (exact) mass is 412 g/mol. The standard InChI is InChI=1S/C20H17ClN4O2S/c1-11(2)8-17-24-25-18(22)15(19(26)23-20(25)28-17)10-14-6-7-16(27-14)12-4-3-5-13(21)9-12/h3-7,9-11,22H,8H2,1-2H3. The molecule has 8 heteroatoms. The third-order valence-corrected chi connectivity index (χ3v) is 5.27. The second-order valence-electron chi connectivity index (χ2n) is 6.82. The van der Waals surface area contributed by atoms with Gasteiger partial charge in [-0.1, -0.05) is 37.6 Å². The van der Waals surface area contributed by atoms with E-state index in [2.05, 4.69) is 23.9 Å². The molecule has 28 heavy (non-hydrogen) atoms. The summed E-state index contributed by atoms with van der Waals surface area (Å²) in [6.07, 6.45) is 2.31. The van der Waals surface area contributed by atoms with E-state index in [1.165, 1.54) is 22.8 Å². The molecule has 0 aliphatic carbocycles. The van der Waals surface area contributed by atoms with Crippen LogP contribution in [0.3, 0.4) is 0 Å². The van der Waals surface area contributed by atoms with E-state index in [-0.39, 0.29) is 11.4 Å². The van der Waals surface area contributed by atoms with Crippen LogP contribution in [-0.4, -0.2) is 27.0 Å². The molecule has 0 radical (unpaired) electrons. The largest absolute Gasteiger partial charge is 0.457 e. The Hall–Kier alpha value is -2.64. The number of nitrogens with zero attached hydrogens (tertiary/aromatic N) is 3. The maximum Gasteiger partial charge on any atom is 0.283 e. The number of hydrogen-bond donors (Lipinski definition) is 1. The highest BCUT2D eigenvalue weighted by Gasteiger charge is 2.35. The van der Waals surface area contributed by atoms with Gasteiger partial charge in [0.25, 0.3) is 5.91 Å². The molecule has 1 aromatic carbocycles. The summed E-state index contributed by atoms with van der Waals surface area (Å²) in [6.45, 7) is 4.19. The average molecular weight is 413 g/mol. The Labute approximate surface area is 171 Å². The molecule has 6 nitrogen and oxygen atoms in total. The molecule has 1 amide bonds. The predicted octanol–water partition coefficient (Wildman–Crippen LogP) is 5.27. The number of halogens is 1. The Morgan fingerprint density at radius 2 is 2.14 bits per heavy atom. The summed E-state index contributed by atoms with van der Waals surface area (Å²) in [4.78, 5) is 16.5. The minimum absolute atomic E-state index is 0.00182. The van der Waals surface area contributed by atoms with Crippen molar-refractivity contribution in [2.45, 2.75) is 20.3 Å². The second-order valence-corrected chi connectivity index (χ2v) is 8.30.